The average Bonchev–Trinajstić information content (AvgIpc) is 3.11. The highest BCUT2D eigenvalue weighted by Gasteiger charge is 2.09. The summed E-state index contributed by atoms with van der Waals surface area (Å²) in [5.41, 5.74) is 1.40. The maximum Gasteiger partial charge on any atom is 0.190 e. The van der Waals surface area contributed by atoms with Crippen LogP contribution >= 0.6 is 0 Å². The van der Waals surface area contributed by atoms with Gasteiger partial charge in [0.2, 0.25) is 0 Å². The number of rotatable bonds is 9. The number of hydrogen-bond donors (Lipinski definition) is 2. The fourth-order valence-corrected chi connectivity index (χ4v) is 3.04. The van der Waals surface area contributed by atoms with Crippen LogP contribution in [-0.4, -0.2) is 50.6 Å². The van der Waals surface area contributed by atoms with Gasteiger partial charge in [0.25, 0.3) is 0 Å². The molecule has 1 heterocycles. The Morgan fingerprint density at radius 3 is 2.39 bits per heavy atom. The third-order valence-corrected chi connectivity index (χ3v) is 4.39. The molecule has 1 aliphatic rings. The molecule has 0 aromatic heterocycles. The van der Waals surface area contributed by atoms with E-state index in [0.29, 0.717) is 0 Å². The van der Waals surface area contributed by atoms with Crippen LogP contribution in [0.15, 0.2) is 35.3 Å². The van der Waals surface area contributed by atoms with Gasteiger partial charge in [-0.15, -0.1) is 0 Å². The number of likely N-dealkylation sites (tertiary alicyclic amines) is 1. The van der Waals surface area contributed by atoms with Gasteiger partial charge in [-0.25, -0.2) is 0 Å². The summed E-state index contributed by atoms with van der Waals surface area (Å²) in [6, 6.07) is 10.6. The summed E-state index contributed by atoms with van der Waals surface area (Å²) in [7, 11) is 1.84. The van der Waals surface area contributed by atoms with E-state index in [4.69, 9.17) is 0 Å². The van der Waals surface area contributed by atoms with Gasteiger partial charge in [-0.3, -0.25) is 4.99 Å². The van der Waals surface area contributed by atoms with E-state index < -0.39 is 0 Å². The summed E-state index contributed by atoms with van der Waals surface area (Å²) in [5.74, 6) is 0.930. The number of hydrogen-bond acceptors (Lipinski definition) is 2. The van der Waals surface area contributed by atoms with Gasteiger partial charge < -0.3 is 15.5 Å². The largest absolute Gasteiger partial charge is 0.356 e. The molecular formula is C19H32N4. The van der Waals surface area contributed by atoms with Crippen LogP contribution in [0.25, 0.3) is 0 Å². The molecule has 4 heteroatoms. The Balaban J connectivity index is 1.48. The van der Waals surface area contributed by atoms with E-state index in [0.717, 1.165) is 31.9 Å². The predicted molar refractivity (Wildman–Crippen MR) is 99.0 cm³/mol. The summed E-state index contributed by atoms with van der Waals surface area (Å²) in [6.07, 6.45) is 7.50. The van der Waals surface area contributed by atoms with E-state index in [1.54, 1.807) is 0 Å². The van der Waals surface area contributed by atoms with Crippen molar-refractivity contribution in [3.8, 4) is 0 Å². The number of guanidine groups is 1. The quantitative estimate of drug-likeness (QED) is 0.418. The van der Waals surface area contributed by atoms with Crippen molar-refractivity contribution in [1.82, 2.24) is 15.5 Å². The van der Waals surface area contributed by atoms with Crippen LogP contribution in [-0.2, 0) is 6.42 Å². The maximum atomic E-state index is 4.29. The first-order valence-corrected chi connectivity index (χ1v) is 9.09. The van der Waals surface area contributed by atoms with E-state index in [-0.39, 0.29) is 0 Å². The van der Waals surface area contributed by atoms with Gasteiger partial charge in [-0.2, -0.15) is 0 Å². The van der Waals surface area contributed by atoms with E-state index in [1.807, 2.05) is 7.05 Å². The van der Waals surface area contributed by atoms with Crippen molar-refractivity contribution in [3.05, 3.63) is 35.9 Å². The minimum atomic E-state index is 0.930. The highest BCUT2D eigenvalue weighted by molar-refractivity contribution is 5.79. The molecule has 1 saturated heterocycles. The Labute approximate surface area is 141 Å². The molecule has 0 aliphatic carbocycles. The van der Waals surface area contributed by atoms with E-state index in [1.165, 1.54) is 50.9 Å². The second-order valence-corrected chi connectivity index (χ2v) is 6.27. The highest BCUT2D eigenvalue weighted by atomic mass is 15.2. The first kappa shape index (κ1) is 17.8. The molecule has 1 aliphatic heterocycles. The van der Waals surface area contributed by atoms with Crippen molar-refractivity contribution in [2.24, 2.45) is 4.99 Å². The standard InChI is InChI=1S/C19H32N4/c1-20-19(21-13-5-6-15-23-16-7-8-17-23)22-14-9-12-18-10-3-2-4-11-18/h2-4,10-11H,5-9,12-17H2,1H3,(H2,20,21,22). The first-order chi connectivity index (χ1) is 11.4. The molecule has 0 radical (unpaired) electrons. The second kappa shape index (κ2) is 11.1. The molecule has 0 spiro atoms. The van der Waals surface area contributed by atoms with Gasteiger partial charge in [0.1, 0.15) is 0 Å². The second-order valence-electron chi connectivity index (χ2n) is 6.27. The SMILES string of the molecule is CN=C(NCCCCN1CCCC1)NCCCc1ccccc1. The molecule has 0 atom stereocenters. The average molecular weight is 316 g/mol. The highest BCUT2D eigenvalue weighted by Crippen LogP contribution is 2.07. The molecule has 0 bridgehead atoms. The van der Waals surface area contributed by atoms with Crippen LogP contribution < -0.4 is 10.6 Å². The molecule has 0 amide bonds. The van der Waals surface area contributed by atoms with Crippen molar-refractivity contribution < 1.29 is 0 Å². The monoisotopic (exact) mass is 316 g/mol. The summed E-state index contributed by atoms with van der Waals surface area (Å²) in [6.45, 7) is 5.83. The van der Waals surface area contributed by atoms with Crippen LogP contribution in [0.2, 0.25) is 0 Å². The van der Waals surface area contributed by atoms with Crippen molar-refractivity contribution in [1.29, 1.82) is 0 Å². The molecule has 2 rings (SSSR count). The third kappa shape index (κ3) is 7.51. The lowest BCUT2D eigenvalue weighted by Crippen LogP contribution is -2.38. The van der Waals surface area contributed by atoms with Gasteiger partial charge >= 0.3 is 0 Å². The summed E-state index contributed by atoms with van der Waals surface area (Å²) in [5, 5.41) is 6.81. The van der Waals surface area contributed by atoms with E-state index >= 15 is 0 Å². The number of aryl methyl sites for hydroxylation is 1. The Hall–Kier alpha value is -1.55. The first-order valence-electron chi connectivity index (χ1n) is 9.09. The van der Waals surface area contributed by atoms with Gasteiger partial charge in [0, 0.05) is 20.1 Å². The number of aliphatic imine (C=N–C) groups is 1. The van der Waals surface area contributed by atoms with Crippen molar-refractivity contribution in [3.63, 3.8) is 0 Å². The fourth-order valence-electron chi connectivity index (χ4n) is 3.04. The van der Waals surface area contributed by atoms with E-state index in [2.05, 4.69) is 50.9 Å². The molecule has 0 unspecified atom stereocenters. The summed E-state index contributed by atoms with van der Waals surface area (Å²) >= 11 is 0. The summed E-state index contributed by atoms with van der Waals surface area (Å²) < 4.78 is 0. The smallest absolute Gasteiger partial charge is 0.190 e. The van der Waals surface area contributed by atoms with Crippen molar-refractivity contribution >= 4 is 5.96 Å². The van der Waals surface area contributed by atoms with Crippen molar-refractivity contribution in [2.75, 3.05) is 39.8 Å². The Morgan fingerprint density at radius 1 is 1.00 bits per heavy atom. The number of unbranched alkanes of at least 4 members (excludes halogenated alkanes) is 1. The molecule has 1 aromatic rings. The molecule has 2 N–H and O–H groups in total. The molecule has 128 valence electrons. The van der Waals surface area contributed by atoms with Gasteiger partial charge in [-0.05, 0) is 63.7 Å². The molecular weight excluding hydrogens is 284 g/mol. The van der Waals surface area contributed by atoms with Crippen LogP contribution in [0.3, 0.4) is 0 Å². The lowest BCUT2D eigenvalue weighted by Gasteiger charge is -2.15. The van der Waals surface area contributed by atoms with E-state index in [9.17, 15) is 0 Å². The fraction of sp³-hybridized carbons (Fsp3) is 0.632. The lowest BCUT2D eigenvalue weighted by molar-refractivity contribution is 0.330. The topological polar surface area (TPSA) is 39.7 Å². The summed E-state index contributed by atoms with van der Waals surface area (Å²) in [4.78, 5) is 6.87. The predicted octanol–water partition coefficient (Wildman–Crippen LogP) is 2.66. The van der Waals surface area contributed by atoms with Gasteiger partial charge in [-0.1, -0.05) is 30.3 Å². The Morgan fingerprint density at radius 2 is 1.70 bits per heavy atom. The van der Waals surface area contributed by atoms with Gasteiger partial charge in [0.15, 0.2) is 5.96 Å². The zero-order chi connectivity index (χ0) is 16.2. The molecule has 4 nitrogen and oxygen atoms in total. The van der Waals surface area contributed by atoms with Gasteiger partial charge in [0.05, 0.1) is 0 Å². The van der Waals surface area contributed by atoms with Crippen LogP contribution in [0.1, 0.15) is 37.7 Å². The van der Waals surface area contributed by atoms with Crippen LogP contribution in [0.4, 0.5) is 0 Å². The molecule has 1 aromatic carbocycles. The minimum Gasteiger partial charge on any atom is -0.356 e. The molecule has 0 saturated carbocycles. The normalized spacial score (nSPS) is 15.8. The molecule has 23 heavy (non-hydrogen) atoms. The lowest BCUT2D eigenvalue weighted by atomic mass is 10.1. The molecule has 1 fully saturated rings. The van der Waals surface area contributed by atoms with Crippen LogP contribution in [0, 0.1) is 0 Å². The maximum absolute atomic E-state index is 4.29. The zero-order valence-corrected chi connectivity index (χ0v) is 14.6. The number of benzene rings is 1. The Kier molecular flexibility index (Phi) is 8.56. The number of nitrogens with zero attached hydrogens (tertiary/aromatic N) is 2. The Bertz CT molecular complexity index is 438. The number of nitrogens with one attached hydrogen (secondary N) is 2. The third-order valence-electron chi connectivity index (χ3n) is 4.39. The van der Waals surface area contributed by atoms with Crippen molar-refractivity contribution in [2.45, 2.75) is 38.5 Å². The van der Waals surface area contributed by atoms with Crippen LogP contribution in [0.5, 0.6) is 0 Å². The zero-order valence-electron chi connectivity index (χ0n) is 14.6. The minimum absolute atomic E-state index is 0.930.